The Labute approximate surface area is 196 Å². The average Bonchev–Trinajstić information content (AvgIpc) is 2.98. The molecule has 0 aromatic carbocycles. The van der Waals surface area contributed by atoms with Crippen LogP contribution in [0.2, 0.25) is 0 Å². The Kier molecular flexibility index (Phi) is 6.17. The van der Waals surface area contributed by atoms with Gasteiger partial charge >= 0.3 is 0 Å². The van der Waals surface area contributed by atoms with Crippen LogP contribution in [0.3, 0.4) is 0 Å². The topological polar surface area (TPSA) is 36.9 Å². The van der Waals surface area contributed by atoms with Gasteiger partial charge in [0.15, 0.2) is 11.6 Å². The van der Waals surface area contributed by atoms with Gasteiger partial charge in [0, 0.05) is 10.8 Å². The lowest BCUT2D eigenvalue weighted by Crippen LogP contribution is -2.64. The molecule has 1 saturated carbocycles. The maximum atomic E-state index is 6.55. The highest BCUT2D eigenvalue weighted by Gasteiger charge is 2.65. The summed E-state index contributed by atoms with van der Waals surface area (Å²) in [5, 5.41) is 3.82. The summed E-state index contributed by atoms with van der Waals surface area (Å²) in [5.74, 6) is -0.286. The minimum absolute atomic E-state index is 0.00138. The predicted molar refractivity (Wildman–Crippen MR) is 128 cm³/mol. The minimum Gasteiger partial charge on any atom is -0.345 e. The van der Waals surface area contributed by atoms with Crippen LogP contribution in [0.5, 0.6) is 0 Å². The van der Waals surface area contributed by atoms with Gasteiger partial charge in [-0.25, -0.2) is 0 Å². The van der Waals surface area contributed by atoms with Crippen LogP contribution in [-0.2, 0) is 17.3 Å². The molecule has 160 valence electrons. The fourth-order valence-corrected chi connectivity index (χ4v) is 7.41. The quantitative estimate of drug-likeness (QED) is 0.214. The fourth-order valence-electron chi connectivity index (χ4n) is 5.37. The number of ether oxygens (including phenoxy) is 3. The van der Waals surface area contributed by atoms with E-state index in [2.05, 4.69) is 31.4 Å². The van der Waals surface area contributed by atoms with Crippen molar-refractivity contribution in [3.8, 4) is 0 Å². The molecule has 2 fully saturated rings. The van der Waals surface area contributed by atoms with Crippen molar-refractivity contribution in [2.24, 2.45) is 17.8 Å². The molecular weight excluding hydrogens is 519 g/mol. The van der Waals surface area contributed by atoms with Gasteiger partial charge in [-0.2, -0.15) is 0 Å². The Morgan fingerprint density at radius 1 is 1.28 bits per heavy atom. The van der Waals surface area contributed by atoms with E-state index >= 15 is 0 Å². The largest absolute Gasteiger partial charge is 0.345 e. The maximum absolute atomic E-state index is 6.55. The van der Waals surface area contributed by atoms with E-state index in [1.54, 1.807) is 23.5 Å². The first-order valence-electron chi connectivity index (χ1n) is 9.97. The summed E-state index contributed by atoms with van der Waals surface area (Å²) in [6, 6.07) is 0. The Morgan fingerprint density at radius 2 is 2.03 bits per heavy atom. The summed E-state index contributed by atoms with van der Waals surface area (Å²) < 4.78 is 24.8. The molecule has 4 aliphatic carbocycles. The molecule has 0 amide bonds. The van der Waals surface area contributed by atoms with E-state index < -0.39 is 11.6 Å². The van der Waals surface area contributed by atoms with Crippen LogP contribution in [0.4, 0.5) is 0 Å². The Bertz CT molecular complexity index is 749. The zero-order valence-corrected chi connectivity index (χ0v) is 21.1. The molecule has 1 aliphatic heterocycles. The third-order valence-corrected chi connectivity index (χ3v) is 9.38. The van der Waals surface area contributed by atoms with Crippen LogP contribution < -0.4 is 0 Å². The van der Waals surface area contributed by atoms with Crippen LogP contribution >= 0.6 is 46.5 Å². The molecule has 1 heterocycles. The molecule has 4 nitrogen and oxygen atoms in total. The van der Waals surface area contributed by atoms with Crippen molar-refractivity contribution < 1.29 is 17.3 Å². The number of halogens is 1. The number of fused-ring (bicyclic) bond motifs is 2. The lowest BCUT2D eigenvalue weighted by atomic mass is 9.56. The van der Waals surface area contributed by atoms with Gasteiger partial charge in [0.1, 0.15) is 29.1 Å². The van der Waals surface area contributed by atoms with Crippen molar-refractivity contribution in [3.63, 3.8) is 0 Å². The van der Waals surface area contributed by atoms with Gasteiger partial charge in [-0.15, -0.1) is 23.5 Å². The second-order valence-corrected chi connectivity index (χ2v) is 11.7. The van der Waals surface area contributed by atoms with Gasteiger partial charge in [0.2, 0.25) is 0 Å². The molecule has 5 rings (SSSR count). The molecular formula is C22H29IO4S2. The molecule has 29 heavy (non-hydrogen) atoms. The molecule has 0 aromatic heterocycles. The fraction of sp³-hybridized carbons (Fsp3) is 0.636. The molecule has 0 N–H and O–H groups in total. The number of hydrogen-bond donors (Lipinski definition) is 0. The second kappa shape index (κ2) is 7.98. The van der Waals surface area contributed by atoms with E-state index in [9.17, 15) is 0 Å². The second-order valence-electron chi connectivity index (χ2n) is 8.96. The normalized spacial score (nSPS) is 42.2. The summed E-state index contributed by atoms with van der Waals surface area (Å²) in [6.45, 7) is 15.9. The Morgan fingerprint density at radius 3 is 2.69 bits per heavy atom. The van der Waals surface area contributed by atoms with Gasteiger partial charge in [-0.3, -0.25) is 3.07 Å². The molecule has 7 atom stereocenters. The van der Waals surface area contributed by atoms with Crippen molar-refractivity contribution >= 4 is 46.5 Å². The first kappa shape index (κ1) is 22.4. The highest BCUT2D eigenvalue weighted by atomic mass is 127. The van der Waals surface area contributed by atoms with Crippen LogP contribution in [0.15, 0.2) is 47.1 Å². The summed E-state index contributed by atoms with van der Waals surface area (Å²) in [7, 11) is 0. The molecule has 5 aliphatic rings. The highest BCUT2D eigenvalue weighted by molar-refractivity contribution is 14.1. The van der Waals surface area contributed by atoms with E-state index in [1.807, 2.05) is 61.5 Å². The molecule has 7 heteroatoms. The third kappa shape index (κ3) is 3.83. The zero-order valence-electron chi connectivity index (χ0n) is 17.3. The van der Waals surface area contributed by atoms with Crippen LogP contribution in [0.25, 0.3) is 0 Å². The minimum atomic E-state index is -0.666. The van der Waals surface area contributed by atoms with Crippen LogP contribution in [0, 0.1) is 17.8 Å². The molecule has 1 saturated heterocycles. The number of rotatable bonds is 7. The van der Waals surface area contributed by atoms with Crippen LogP contribution in [0.1, 0.15) is 34.1 Å². The van der Waals surface area contributed by atoms with E-state index in [0.29, 0.717) is 11.8 Å². The van der Waals surface area contributed by atoms with Gasteiger partial charge < -0.3 is 14.2 Å². The van der Waals surface area contributed by atoms with Crippen molar-refractivity contribution in [2.75, 3.05) is 0 Å². The number of allylic oxidation sites excluding steroid dienone is 2. The summed E-state index contributed by atoms with van der Waals surface area (Å²) in [5.41, 5.74) is 0. The highest BCUT2D eigenvalue weighted by Crippen LogP contribution is 2.62. The van der Waals surface area contributed by atoms with E-state index in [4.69, 9.17) is 17.3 Å². The average molecular weight is 549 g/mol. The smallest absolute Gasteiger partial charge is 0.174 e. The number of hydrogen-bond acceptors (Lipinski definition) is 6. The van der Waals surface area contributed by atoms with Crippen LogP contribution in [-0.4, -0.2) is 34.6 Å². The van der Waals surface area contributed by atoms with Gasteiger partial charge in [-0.1, -0.05) is 31.4 Å². The lowest BCUT2D eigenvalue weighted by molar-refractivity contribution is -0.203. The SMILES string of the molecule is C=CSC1=CC2C3C=CC(SC=C)(C(OC(C)(C)OI)C3)C2[C@@H]2OC(C)(C)O[C@H]12. The lowest BCUT2D eigenvalue weighted by Gasteiger charge is -2.59. The Hall–Kier alpha value is 0.230. The van der Waals surface area contributed by atoms with Gasteiger partial charge in [0.25, 0.3) is 0 Å². The van der Waals surface area contributed by atoms with Crippen molar-refractivity contribution in [2.45, 2.75) is 68.7 Å². The van der Waals surface area contributed by atoms with E-state index in [-0.39, 0.29) is 29.0 Å². The van der Waals surface area contributed by atoms with Crippen molar-refractivity contribution in [1.82, 2.24) is 0 Å². The third-order valence-electron chi connectivity index (χ3n) is 6.26. The summed E-state index contributed by atoms with van der Waals surface area (Å²) in [6.07, 6.45) is 7.94. The number of thioether (sulfide) groups is 2. The first-order valence-corrected chi connectivity index (χ1v) is 12.6. The molecule has 0 radical (unpaired) electrons. The summed E-state index contributed by atoms with van der Waals surface area (Å²) in [4.78, 5) is 1.21. The molecule has 2 bridgehead atoms. The summed E-state index contributed by atoms with van der Waals surface area (Å²) >= 11 is 5.33. The predicted octanol–water partition coefficient (Wildman–Crippen LogP) is 6.21. The molecule has 0 spiro atoms. The zero-order chi connectivity index (χ0) is 21.0. The monoisotopic (exact) mass is 548 g/mol. The standard InChI is InChI=1S/C22H29IO4S2/c1-7-28-15-12-14-13-9-10-22(29-8-2,16(11-13)24-21(5,6)27-23)17(14)19-18(15)25-20(3,4)26-19/h7-10,12-14,16-19H,1-2,11H2,3-6H3/t13?,14?,16?,17?,18-,19+,22?/m1/s1. The van der Waals surface area contributed by atoms with E-state index in [1.165, 1.54) is 4.91 Å². The first-order chi connectivity index (χ1) is 13.7. The van der Waals surface area contributed by atoms with Gasteiger partial charge in [-0.05, 0) is 56.8 Å². The van der Waals surface area contributed by atoms with Gasteiger partial charge in [0.05, 0.1) is 17.0 Å². The Balaban J connectivity index is 1.79. The molecule has 5 unspecified atom stereocenters. The maximum Gasteiger partial charge on any atom is 0.174 e. The van der Waals surface area contributed by atoms with Crippen molar-refractivity contribution in [1.29, 1.82) is 0 Å². The van der Waals surface area contributed by atoms with E-state index in [0.717, 1.165) is 6.42 Å². The molecule has 0 aromatic rings. The van der Waals surface area contributed by atoms with Crippen molar-refractivity contribution in [3.05, 3.63) is 47.1 Å².